The van der Waals surface area contributed by atoms with Gasteiger partial charge in [0.05, 0.1) is 11.9 Å². The highest BCUT2D eigenvalue weighted by Gasteiger charge is 2.19. The highest BCUT2D eigenvalue weighted by atomic mass is 32.2. The maximum Gasteiger partial charge on any atom is 0.232 e. The molecule has 0 aliphatic heterocycles. The third-order valence-electron chi connectivity index (χ3n) is 3.56. The van der Waals surface area contributed by atoms with Crippen LogP contribution in [0, 0.1) is 23.3 Å². The van der Waals surface area contributed by atoms with Gasteiger partial charge in [-0.05, 0) is 30.7 Å². The molecule has 0 fully saturated rings. The van der Waals surface area contributed by atoms with Crippen molar-refractivity contribution < 1.29 is 30.8 Å². The standard InChI is InChI=1S/C17H16F4N2O3S/c1-27(25,26)23(12-5-7-14(19)16(21)10-12)8-2-3-17(24)22-11-4-6-13(18)15(20)9-11/h4-7,9-10H,2-3,8H2,1H3,(H,22,24). The fourth-order valence-electron chi connectivity index (χ4n) is 2.31. The van der Waals surface area contributed by atoms with Crippen molar-refractivity contribution in [3.05, 3.63) is 59.7 Å². The fourth-order valence-corrected chi connectivity index (χ4v) is 3.26. The molecule has 0 aromatic heterocycles. The Labute approximate surface area is 153 Å². The van der Waals surface area contributed by atoms with Gasteiger partial charge >= 0.3 is 0 Å². The molecule has 0 unspecified atom stereocenters. The molecule has 0 atom stereocenters. The van der Waals surface area contributed by atoms with Crippen molar-refractivity contribution in [2.45, 2.75) is 12.8 Å². The smallest absolute Gasteiger partial charge is 0.232 e. The Balaban J connectivity index is 1.99. The van der Waals surface area contributed by atoms with Gasteiger partial charge in [-0.1, -0.05) is 0 Å². The summed E-state index contributed by atoms with van der Waals surface area (Å²) in [4.78, 5) is 11.9. The van der Waals surface area contributed by atoms with Gasteiger partial charge in [0, 0.05) is 30.8 Å². The van der Waals surface area contributed by atoms with Crippen LogP contribution in [0.4, 0.5) is 28.9 Å². The third-order valence-corrected chi connectivity index (χ3v) is 4.75. The van der Waals surface area contributed by atoms with E-state index in [0.29, 0.717) is 0 Å². The number of nitrogens with zero attached hydrogens (tertiary/aromatic N) is 1. The van der Waals surface area contributed by atoms with Crippen molar-refractivity contribution in [3.8, 4) is 0 Å². The lowest BCUT2D eigenvalue weighted by molar-refractivity contribution is -0.116. The van der Waals surface area contributed by atoms with Gasteiger partial charge in [-0.3, -0.25) is 9.10 Å². The van der Waals surface area contributed by atoms with Crippen LogP contribution in [0.5, 0.6) is 0 Å². The van der Waals surface area contributed by atoms with E-state index in [1.165, 1.54) is 6.07 Å². The van der Waals surface area contributed by atoms with Gasteiger partial charge < -0.3 is 5.32 Å². The molecule has 27 heavy (non-hydrogen) atoms. The molecule has 10 heteroatoms. The Hall–Kier alpha value is -2.62. The first-order valence-electron chi connectivity index (χ1n) is 7.75. The minimum atomic E-state index is -3.79. The molecular formula is C17H16F4N2O3S. The van der Waals surface area contributed by atoms with Crippen LogP contribution in [0.25, 0.3) is 0 Å². The van der Waals surface area contributed by atoms with Gasteiger partial charge in [0.1, 0.15) is 0 Å². The Bertz CT molecular complexity index is 951. The van der Waals surface area contributed by atoms with Crippen LogP contribution >= 0.6 is 0 Å². The van der Waals surface area contributed by atoms with Crippen molar-refractivity contribution in [1.82, 2.24) is 0 Å². The van der Waals surface area contributed by atoms with Crippen LogP contribution in [0.15, 0.2) is 36.4 Å². The molecule has 2 aromatic rings. The molecular weight excluding hydrogens is 388 g/mol. The topological polar surface area (TPSA) is 66.5 Å². The maximum absolute atomic E-state index is 13.4. The highest BCUT2D eigenvalue weighted by molar-refractivity contribution is 7.92. The van der Waals surface area contributed by atoms with E-state index < -0.39 is 39.2 Å². The number of amides is 1. The lowest BCUT2D eigenvalue weighted by Crippen LogP contribution is -2.31. The number of hydrogen-bond donors (Lipinski definition) is 1. The second kappa shape index (κ2) is 8.38. The number of hydrogen-bond acceptors (Lipinski definition) is 3. The van der Waals surface area contributed by atoms with Gasteiger partial charge in [0.15, 0.2) is 23.3 Å². The van der Waals surface area contributed by atoms with E-state index in [-0.39, 0.29) is 30.8 Å². The van der Waals surface area contributed by atoms with Crippen molar-refractivity contribution in [2.75, 3.05) is 22.4 Å². The second-order valence-corrected chi connectivity index (χ2v) is 7.62. The van der Waals surface area contributed by atoms with Gasteiger partial charge in [-0.2, -0.15) is 0 Å². The van der Waals surface area contributed by atoms with Gasteiger partial charge in [0.25, 0.3) is 0 Å². The van der Waals surface area contributed by atoms with E-state index in [1.54, 1.807) is 0 Å². The molecule has 0 spiro atoms. The van der Waals surface area contributed by atoms with E-state index in [0.717, 1.165) is 40.9 Å². The normalized spacial score (nSPS) is 11.3. The Morgan fingerprint density at radius 2 is 1.56 bits per heavy atom. The van der Waals surface area contributed by atoms with E-state index in [9.17, 15) is 30.8 Å². The van der Waals surface area contributed by atoms with E-state index in [1.807, 2.05) is 0 Å². The minimum absolute atomic E-state index is 0.0551. The fraction of sp³-hybridized carbons (Fsp3) is 0.235. The van der Waals surface area contributed by atoms with Crippen LogP contribution in [0.2, 0.25) is 0 Å². The first-order valence-corrected chi connectivity index (χ1v) is 9.60. The first kappa shape index (κ1) is 20.7. The third kappa shape index (κ3) is 5.68. The van der Waals surface area contributed by atoms with Crippen molar-refractivity contribution in [1.29, 1.82) is 0 Å². The number of benzene rings is 2. The van der Waals surface area contributed by atoms with Crippen molar-refractivity contribution >= 4 is 27.3 Å². The predicted octanol–water partition coefficient (Wildman–Crippen LogP) is 3.43. The molecule has 2 rings (SSSR count). The SMILES string of the molecule is CS(=O)(=O)N(CCCC(=O)Nc1ccc(F)c(F)c1)c1ccc(F)c(F)c1. The van der Waals surface area contributed by atoms with Gasteiger partial charge in [-0.15, -0.1) is 0 Å². The van der Waals surface area contributed by atoms with Crippen LogP contribution < -0.4 is 9.62 Å². The van der Waals surface area contributed by atoms with Crippen LogP contribution in [-0.2, 0) is 14.8 Å². The van der Waals surface area contributed by atoms with E-state index in [2.05, 4.69) is 5.32 Å². The molecule has 0 heterocycles. The molecule has 5 nitrogen and oxygen atoms in total. The van der Waals surface area contributed by atoms with Crippen LogP contribution in [0.1, 0.15) is 12.8 Å². The summed E-state index contributed by atoms with van der Waals surface area (Å²) < 4.78 is 77.0. The Kier molecular flexibility index (Phi) is 6.42. The van der Waals surface area contributed by atoms with Gasteiger partial charge in [-0.25, -0.2) is 26.0 Å². The average molecular weight is 404 g/mol. The summed E-state index contributed by atoms with van der Waals surface area (Å²) >= 11 is 0. The molecule has 0 radical (unpaired) electrons. The predicted molar refractivity (Wildman–Crippen MR) is 92.8 cm³/mol. The number of halogens is 4. The summed E-state index contributed by atoms with van der Waals surface area (Å²) in [7, 11) is -3.79. The molecule has 2 aromatic carbocycles. The largest absolute Gasteiger partial charge is 0.326 e. The summed E-state index contributed by atoms with van der Waals surface area (Å²) in [5.74, 6) is -5.02. The summed E-state index contributed by atoms with van der Waals surface area (Å²) in [6.07, 6.45) is 0.825. The summed E-state index contributed by atoms with van der Waals surface area (Å²) in [5.41, 5.74) is -0.0168. The Morgan fingerprint density at radius 3 is 2.11 bits per heavy atom. The molecule has 0 aliphatic rings. The van der Waals surface area contributed by atoms with E-state index >= 15 is 0 Å². The molecule has 0 saturated carbocycles. The quantitative estimate of drug-likeness (QED) is 0.719. The molecule has 0 aliphatic carbocycles. The summed E-state index contributed by atoms with van der Waals surface area (Å²) in [6.45, 7) is -0.158. The molecule has 1 amide bonds. The lowest BCUT2D eigenvalue weighted by Gasteiger charge is -2.22. The lowest BCUT2D eigenvalue weighted by atomic mass is 10.2. The maximum atomic E-state index is 13.4. The molecule has 0 saturated heterocycles. The summed E-state index contributed by atoms with van der Waals surface area (Å²) in [6, 6.07) is 5.52. The zero-order valence-electron chi connectivity index (χ0n) is 14.2. The summed E-state index contributed by atoms with van der Waals surface area (Å²) in [5, 5.41) is 2.36. The number of rotatable bonds is 7. The average Bonchev–Trinajstić information content (AvgIpc) is 2.57. The number of sulfonamides is 1. The number of anilines is 2. The van der Waals surface area contributed by atoms with Crippen molar-refractivity contribution in [2.24, 2.45) is 0 Å². The minimum Gasteiger partial charge on any atom is -0.326 e. The second-order valence-electron chi connectivity index (χ2n) is 5.71. The molecule has 146 valence electrons. The van der Waals surface area contributed by atoms with Crippen LogP contribution in [0.3, 0.4) is 0 Å². The first-order chi connectivity index (χ1) is 12.6. The van der Waals surface area contributed by atoms with Crippen LogP contribution in [-0.4, -0.2) is 27.1 Å². The highest BCUT2D eigenvalue weighted by Crippen LogP contribution is 2.21. The Morgan fingerprint density at radius 1 is 0.963 bits per heavy atom. The number of nitrogens with one attached hydrogen (secondary N) is 1. The van der Waals surface area contributed by atoms with Crippen molar-refractivity contribution in [3.63, 3.8) is 0 Å². The number of carbonyl (C=O) groups is 1. The number of carbonyl (C=O) groups excluding carboxylic acids is 1. The monoisotopic (exact) mass is 404 g/mol. The van der Waals surface area contributed by atoms with E-state index in [4.69, 9.17) is 0 Å². The molecule has 0 bridgehead atoms. The zero-order chi connectivity index (χ0) is 20.2. The zero-order valence-corrected chi connectivity index (χ0v) is 15.0. The molecule has 1 N–H and O–H groups in total. The van der Waals surface area contributed by atoms with Gasteiger partial charge in [0.2, 0.25) is 15.9 Å².